The number of nitrogens with one attached hydrogen (secondary N) is 1. The van der Waals surface area contributed by atoms with E-state index in [2.05, 4.69) is 15.0 Å². The van der Waals surface area contributed by atoms with Crippen molar-refractivity contribution in [2.75, 3.05) is 0 Å². The molecule has 2 heterocycles. The second-order valence-corrected chi connectivity index (χ2v) is 3.96. The number of hydrogen-bond acceptors (Lipinski definition) is 3. The van der Waals surface area contributed by atoms with E-state index in [-0.39, 0.29) is 5.75 Å². The van der Waals surface area contributed by atoms with Gasteiger partial charge in [0.25, 0.3) is 0 Å². The summed E-state index contributed by atoms with van der Waals surface area (Å²) in [5.74, 6) is 0.991. The minimum atomic E-state index is 0.274. The van der Waals surface area contributed by atoms with Gasteiger partial charge in [-0.05, 0) is 30.7 Å². The number of H-pyrrole nitrogens is 1. The number of aromatic hydroxyl groups is 1. The molecule has 0 saturated carbocycles. The highest BCUT2D eigenvalue weighted by Gasteiger charge is 2.07. The molecule has 3 aromatic rings. The molecule has 0 aliphatic heterocycles. The standard InChI is InChI=1S/C13H11N3O/c1-8-4-5-9(7-11(8)17)12-15-10-3-2-6-14-13(10)16-12/h2-7,17H,1H3,(H,14,15,16). The Balaban J connectivity index is 2.17. The fraction of sp³-hybridized carbons (Fsp3) is 0.0769. The van der Waals surface area contributed by atoms with Crippen molar-refractivity contribution in [3.63, 3.8) is 0 Å². The maximum absolute atomic E-state index is 9.68. The van der Waals surface area contributed by atoms with E-state index in [1.165, 1.54) is 0 Å². The van der Waals surface area contributed by atoms with Crippen molar-refractivity contribution in [1.29, 1.82) is 0 Å². The van der Waals surface area contributed by atoms with E-state index < -0.39 is 0 Å². The van der Waals surface area contributed by atoms with Crippen LogP contribution in [0.2, 0.25) is 0 Å². The molecule has 0 bridgehead atoms. The second-order valence-electron chi connectivity index (χ2n) is 3.96. The number of rotatable bonds is 1. The van der Waals surface area contributed by atoms with Crippen molar-refractivity contribution in [1.82, 2.24) is 15.0 Å². The Morgan fingerprint density at radius 1 is 1.24 bits per heavy atom. The van der Waals surface area contributed by atoms with Crippen molar-refractivity contribution in [3.05, 3.63) is 42.1 Å². The largest absolute Gasteiger partial charge is 0.508 e. The van der Waals surface area contributed by atoms with Crippen molar-refractivity contribution in [2.24, 2.45) is 0 Å². The minimum Gasteiger partial charge on any atom is -0.508 e. The van der Waals surface area contributed by atoms with E-state index in [0.29, 0.717) is 11.5 Å². The molecule has 3 rings (SSSR count). The third kappa shape index (κ3) is 1.63. The number of benzene rings is 1. The number of fused-ring (bicyclic) bond motifs is 1. The molecule has 4 heteroatoms. The van der Waals surface area contributed by atoms with Crippen molar-refractivity contribution in [2.45, 2.75) is 6.92 Å². The number of hydrogen-bond donors (Lipinski definition) is 2. The Labute approximate surface area is 98.0 Å². The summed E-state index contributed by atoms with van der Waals surface area (Å²) >= 11 is 0. The molecule has 2 N–H and O–H groups in total. The first-order valence-corrected chi connectivity index (χ1v) is 5.35. The fourth-order valence-corrected chi connectivity index (χ4v) is 1.74. The monoisotopic (exact) mass is 225 g/mol. The number of phenols is 1. The first-order valence-electron chi connectivity index (χ1n) is 5.35. The summed E-state index contributed by atoms with van der Waals surface area (Å²) in [5.41, 5.74) is 3.28. The van der Waals surface area contributed by atoms with Crippen LogP contribution in [-0.2, 0) is 0 Å². The summed E-state index contributed by atoms with van der Waals surface area (Å²) in [6.07, 6.45) is 1.71. The molecular weight excluding hydrogens is 214 g/mol. The lowest BCUT2D eigenvalue weighted by Gasteiger charge is -2.00. The molecule has 1 aromatic carbocycles. The lowest BCUT2D eigenvalue weighted by atomic mass is 10.1. The van der Waals surface area contributed by atoms with E-state index >= 15 is 0 Å². The van der Waals surface area contributed by atoms with Crippen LogP contribution in [0, 0.1) is 6.92 Å². The first kappa shape index (κ1) is 9.84. The van der Waals surface area contributed by atoms with Crippen LogP contribution >= 0.6 is 0 Å². The van der Waals surface area contributed by atoms with Gasteiger partial charge in [-0.1, -0.05) is 12.1 Å². The summed E-state index contributed by atoms with van der Waals surface area (Å²) in [6, 6.07) is 9.27. The van der Waals surface area contributed by atoms with E-state index in [1.807, 2.05) is 31.2 Å². The van der Waals surface area contributed by atoms with Crippen LogP contribution < -0.4 is 0 Å². The van der Waals surface area contributed by atoms with Crippen LogP contribution in [0.15, 0.2) is 36.5 Å². The third-order valence-corrected chi connectivity index (χ3v) is 2.74. The van der Waals surface area contributed by atoms with Crippen LogP contribution in [0.1, 0.15) is 5.56 Å². The molecule has 84 valence electrons. The normalized spacial score (nSPS) is 10.9. The predicted octanol–water partition coefficient (Wildman–Crippen LogP) is 2.64. The van der Waals surface area contributed by atoms with Gasteiger partial charge in [0, 0.05) is 11.8 Å². The average Bonchev–Trinajstić information content (AvgIpc) is 2.76. The SMILES string of the molecule is Cc1ccc(-c2nc3ncccc3[nH]2)cc1O. The van der Waals surface area contributed by atoms with Gasteiger partial charge in [-0.25, -0.2) is 9.97 Å². The molecule has 0 saturated heterocycles. The Morgan fingerprint density at radius 3 is 2.88 bits per heavy atom. The van der Waals surface area contributed by atoms with Gasteiger partial charge in [-0.3, -0.25) is 0 Å². The zero-order chi connectivity index (χ0) is 11.8. The minimum absolute atomic E-state index is 0.274. The van der Waals surface area contributed by atoms with Gasteiger partial charge >= 0.3 is 0 Å². The maximum atomic E-state index is 9.68. The molecule has 0 amide bonds. The average molecular weight is 225 g/mol. The molecule has 0 aliphatic carbocycles. The Kier molecular flexibility index (Phi) is 2.08. The van der Waals surface area contributed by atoms with Crippen LogP contribution in [0.3, 0.4) is 0 Å². The predicted molar refractivity (Wildman–Crippen MR) is 65.7 cm³/mol. The Hall–Kier alpha value is -2.36. The summed E-state index contributed by atoms with van der Waals surface area (Å²) in [5, 5.41) is 9.68. The summed E-state index contributed by atoms with van der Waals surface area (Å²) in [6.45, 7) is 1.86. The van der Waals surface area contributed by atoms with Crippen molar-refractivity contribution in [3.8, 4) is 17.1 Å². The molecule has 0 atom stereocenters. The molecular formula is C13H11N3O. The van der Waals surface area contributed by atoms with Gasteiger partial charge in [0.1, 0.15) is 11.6 Å². The molecule has 4 nitrogen and oxygen atoms in total. The molecule has 0 radical (unpaired) electrons. The summed E-state index contributed by atoms with van der Waals surface area (Å²) < 4.78 is 0. The number of pyridine rings is 1. The summed E-state index contributed by atoms with van der Waals surface area (Å²) in [7, 11) is 0. The highest BCUT2D eigenvalue weighted by atomic mass is 16.3. The summed E-state index contributed by atoms with van der Waals surface area (Å²) in [4.78, 5) is 11.7. The van der Waals surface area contributed by atoms with Gasteiger partial charge in [0.2, 0.25) is 0 Å². The van der Waals surface area contributed by atoms with Crippen LogP contribution in [-0.4, -0.2) is 20.1 Å². The third-order valence-electron chi connectivity index (χ3n) is 2.74. The van der Waals surface area contributed by atoms with E-state index in [9.17, 15) is 5.11 Å². The molecule has 0 aliphatic rings. The number of aromatic amines is 1. The molecule has 0 spiro atoms. The molecule has 0 fully saturated rings. The highest BCUT2D eigenvalue weighted by Crippen LogP contribution is 2.25. The number of phenolic OH excluding ortho intramolecular Hbond substituents is 1. The lowest BCUT2D eigenvalue weighted by Crippen LogP contribution is -1.82. The number of aryl methyl sites for hydroxylation is 1. The van der Waals surface area contributed by atoms with Crippen LogP contribution in [0.4, 0.5) is 0 Å². The number of imidazole rings is 1. The second kappa shape index (κ2) is 3.59. The molecule has 0 unspecified atom stereocenters. The van der Waals surface area contributed by atoms with Crippen molar-refractivity contribution < 1.29 is 5.11 Å². The van der Waals surface area contributed by atoms with Gasteiger partial charge in [0.15, 0.2) is 5.65 Å². The lowest BCUT2D eigenvalue weighted by molar-refractivity contribution is 0.471. The zero-order valence-electron chi connectivity index (χ0n) is 9.31. The van der Waals surface area contributed by atoms with Crippen LogP contribution in [0.5, 0.6) is 5.75 Å². The van der Waals surface area contributed by atoms with Crippen molar-refractivity contribution >= 4 is 11.2 Å². The zero-order valence-corrected chi connectivity index (χ0v) is 9.31. The quantitative estimate of drug-likeness (QED) is 0.669. The van der Waals surface area contributed by atoms with Gasteiger partial charge < -0.3 is 10.1 Å². The van der Waals surface area contributed by atoms with Crippen LogP contribution in [0.25, 0.3) is 22.6 Å². The maximum Gasteiger partial charge on any atom is 0.178 e. The Bertz CT molecular complexity index is 655. The Morgan fingerprint density at radius 2 is 2.12 bits per heavy atom. The number of nitrogens with zero attached hydrogens (tertiary/aromatic N) is 2. The number of aromatic nitrogens is 3. The highest BCUT2D eigenvalue weighted by molar-refractivity contribution is 5.75. The van der Waals surface area contributed by atoms with E-state index in [0.717, 1.165) is 16.6 Å². The van der Waals surface area contributed by atoms with Gasteiger partial charge in [-0.2, -0.15) is 0 Å². The van der Waals surface area contributed by atoms with E-state index in [4.69, 9.17) is 0 Å². The van der Waals surface area contributed by atoms with Gasteiger partial charge in [0.05, 0.1) is 5.52 Å². The smallest absolute Gasteiger partial charge is 0.178 e. The first-order chi connectivity index (χ1) is 8.24. The molecule has 2 aromatic heterocycles. The fourth-order valence-electron chi connectivity index (χ4n) is 1.74. The van der Waals surface area contributed by atoms with E-state index in [1.54, 1.807) is 12.3 Å². The topological polar surface area (TPSA) is 61.8 Å². The molecule has 17 heavy (non-hydrogen) atoms. The van der Waals surface area contributed by atoms with Gasteiger partial charge in [-0.15, -0.1) is 0 Å².